The van der Waals surface area contributed by atoms with Gasteiger partial charge in [-0.3, -0.25) is 0 Å². The summed E-state index contributed by atoms with van der Waals surface area (Å²) in [6.07, 6.45) is 1.69. The molecule has 1 aromatic rings. The van der Waals surface area contributed by atoms with Gasteiger partial charge >= 0.3 is 5.97 Å². The number of aryl methyl sites for hydroxylation is 1. The summed E-state index contributed by atoms with van der Waals surface area (Å²) in [6.45, 7) is 4.26. The minimum atomic E-state index is -2.95. The SMILES string of the molecule is CCOC(=O)c1c(C)nsc1NCCCS(C)(=O)=O. The third kappa shape index (κ3) is 5.15. The van der Waals surface area contributed by atoms with Gasteiger partial charge in [-0.15, -0.1) is 0 Å². The zero-order valence-corrected chi connectivity index (χ0v) is 12.9. The highest BCUT2D eigenvalue weighted by molar-refractivity contribution is 7.90. The van der Waals surface area contributed by atoms with Gasteiger partial charge in [0.1, 0.15) is 20.4 Å². The van der Waals surface area contributed by atoms with Crippen molar-refractivity contribution in [3.8, 4) is 0 Å². The van der Waals surface area contributed by atoms with Crippen LogP contribution in [0.25, 0.3) is 0 Å². The van der Waals surface area contributed by atoms with Gasteiger partial charge in [0.2, 0.25) is 0 Å². The number of rotatable bonds is 7. The van der Waals surface area contributed by atoms with E-state index in [-0.39, 0.29) is 5.75 Å². The average molecular weight is 306 g/mol. The van der Waals surface area contributed by atoms with Crippen molar-refractivity contribution in [2.75, 3.05) is 30.5 Å². The maximum absolute atomic E-state index is 11.7. The van der Waals surface area contributed by atoms with Crippen LogP contribution in [0, 0.1) is 6.92 Å². The van der Waals surface area contributed by atoms with Crippen LogP contribution in [0.2, 0.25) is 0 Å². The van der Waals surface area contributed by atoms with E-state index >= 15 is 0 Å². The molecule has 1 rings (SSSR count). The minimum Gasteiger partial charge on any atom is -0.462 e. The van der Waals surface area contributed by atoms with E-state index in [4.69, 9.17) is 4.74 Å². The lowest BCUT2D eigenvalue weighted by Crippen LogP contribution is -2.12. The summed E-state index contributed by atoms with van der Waals surface area (Å²) in [5, 5.41) is 3.67. The Morgan fingerprint density at radius 2 is 2.16 bits per heavy atom. The van der Waals surface area contributed by atoms with Crippen LogP contribution in [0.15, 0.2) is 0 Å². The number of nitrogens with one attached hydrogen (secondary N) is 1. The van der Waals surface area contributed by atoms with E-state index in [2.05, 4.69) is 9.69 Å². The highest BCUT2D eigenvalue weighted by Gasteiger charge is 2.19. The Morgan fingerprint density at radius 1 is 1.47 bits per heavy atom. The molecule has 0 aliphatic carbocycles. The molecule has 0 bridgehead atoms. The largest absolute Gasteiger partial charge is 0.462 e. The van der Waals surface area contributed by atoms with Gasteiger partial charge < -0.3 is 10.1 Å². The molecule has 0 saturated heterocycles. The smallest absolute Gasteiger partial charge is 0.343 e. The second kappa shape index (κ2) is 6.85. The first-order chi connectivity index (χ1) is 8.85. The Labute approximate surface area is 117 Å². The van der Waals surface area contributed by atoms with Crippen molar-refractivity contribution in [3.63, 3.8) is 0 Å². The van der Waals surface area contributed by atoms with E-state index < -0.39 is 15.8 Å². The number of esters is 1. The number of carbonyl (C=O) groups excluding carboxylic acids is 1. The number of nitrogens with zero attached hydrogens (tertiary/aromatic N) is 1. The highest BCUT2D eigenvalue weighted by Crippen LogP contribution is 2.25. The molecule has 0 saturated carbocycles. The maximum Gasteiger partial charge on any atom is 0.343 e. The molecule has 1 heterocycles. The van der Waals surface area contributed by atoms with E-state index in [1.807, 2.05) is 0 Å². The lowest BCUT2D eigenvalue weighted by Gasteiger charge is -2.06. The van der Waals surface area contributed by atoms with Gasteiger partial charge in [-0.25, -0.2) is 13.2 Å². The van der Waals surface area contributed by atoms with Crippen LogP contribution in [0.3, 0.4) is 0 Å². The molecule has 0 atom stereocenters. The Bertz CT molecular complexity index is 537. The van der Waals surface area contributed by atoms with Crippen molar-refractivity contribution in [1.82, 2.24) is 4.37 Å². The monoisotopic (exact) mass is 306 g/mol. The van der Waals surface area contributed by atoms with Crippen LogP contribution in [-0.4, -0.2) is 43.9 Å². The molecule has 0 aliphatic rings. The number of hydrogen-bond donors (Lipinski definition) is 1. The predicted molar refractivity (Wildman–Crippen MR) is 75.6 cm³/mol. The summed E-state index contributed by atoms with van der Waals surface area (Å²) in [4.78, 5) is 11.7. The van der Waals surface area contributed by atoms with E-state index in [9.17, 15) is 13.2 Å². The lowest BCUT2D eigenvalue weighted by atomic mass is 10.2. The highest BCUT2D eigenvalue weighted by atomic mass is 32.2. The topological polar surface area (TPSA) is 85.4 Å². The summed E-state index contributed by atoms with van der Waals surface area (Å²) in [5.74, 6) is -0.286. The van der Waals surface area contributed by atoms with Crippen LogP contribution < -0.4 is 5.32 Å². The first-order valence-electron chi connectivity index (χ1n) is 5.90. The molecule has 0 unspecified atom stereocenters. The molecule has 0 aromatic carbocycles. The molecular formula is C11H18N2O4S2. The third-order valence-electron chi connectivity index (χ3n) is 2.32. The zero-order valence-electron chi connectivity index (χ0n) is 11.2. The molecule has 0 radical (unpaired) electrons. The number of sulfone groups is 1. The number of hydrogen-bond acceptors (Lipinski definition) is 7. The van der Waals surface area contributed by atoms with Gasteiger partial charge in [0.25, 0.3) is 0 Å². The molecular weight excluding hydrogens is 288 g/mol. The molecule has 8 heteroatoms. The molecule has 6 nitrogen and oxygen atoms in total. The van der Waals surface area contributed by atoms with Gasteiger partial charge in [-0.2, -0.15) is 4.37 Å². The van der Waals surface area contributed by atoms with E-state index in [0.29, 0.717) is 35.8 Å². The minimum absolute atomic E-state index is 0.118. The summed E-state index contributed by atoms with van der Waals surface area (Å²) >= 11 is 1.18. The van der Waals surface area contributed by atoms with Crippen molar-refractivity contribution >= 4 is 32.3 Å². The van der Waals surface area contributed by atoms with Crippen molar-refractivity contribution in [3.05, 3.63) is 11.3 Å². The normalized spacial score (nSPS) is 11.3. The van der Waals surface area contributed by atoms with E-state index in [1.54, 1.807) is 13.8 Å². The van der Waals surface area contributed by atoms with Crippen molar-refractivity contribution in [2.45, 2.75) is 20.3 Å². The Balaban J connectivity index is 2.62. The first kappa shape index (κ1) is 15.9. The maximum atomic E-state index is 11.7. The Morgan fingerprint density at radius 3 is 2.74 bits per heavy atom. The fourth-order valence-electron chi connectivity index (χ4n) is 1.47. The summed E-state index contributed by atoms with van der Waals surface area (Å²) in [5.41, 5.74) is 1.06. The second-order valence-corrected chi connectivity index (χ2v) is 7.14. The van der Waals surface area contributed by atoms with Gasteiger partial charge in [0.05, 0.1) is 18.1 Å². The predicted octanol–water partition coefficient (Wildman–Crippen LogP) is 1.47. The van der Waals surface area contributed by atoms with Crippen LogP contribution in [0.1, 0.15) is 29.4 Å². The van der Waals surface area contributed by atoms with Gasteiger partial charge in [0.15, 0.2) is 0 Å². The molecule has 1 N–H and O–H groups in total. The summed E-state index contributed by atoms with van der Waals surface area (Å²) in [7, 11) is -2.95. The van der Waals surface area contributed by atoms with Gasteiger partial charge in [-0.1, -0.05) is 0 Å². The number of ether oxygens (including phenoxy) is 1. The van der Waals surface area contributed by atoms with Crippen LogP contribution in [0.4, 0.5) is 5.00 Å². The number of aromatic nitrogens is 1. The summed E-state index contributed by atoms with van der Waals surface area (Å²) in [6, 6.07) is 0. The van der Waals surface area contributed by atoms with Crippen molar-refractivity contribution in [2.24, 2.45) is 0 Å². The quantitative estimate of drug-likeness (QED) is 0.606. The number of anilines is 1. The molecule has 19 heavy (non-hydrogen) atoms. The van der Waals surface area contributed by atoms with Crippen LogP contribution in [-0.2, 0) is 14.6 Å². The van der Waals surface area contributed by atoms with Crippen LogP contribution in [0.5, 0.6) is 0 Å². The van der Waals surface area contributed by atoms with Crippen LogP contribution >= 0.6 is 11.5 Å². The summed E-state index contributed by atoms with van der Waals surface area (Å²) < 4.78 is 31.1. The fraction of sp³-hybridized carbons (Fsp3) is 0.636. The fourth-order valence-corrected chi connectivity index (χ4v) is 2.95. The Hall–Kier alpha value is -1.15. The van der Waals surface area contributed by atoms with E-state index in [1.165, 1.54) is 17.8 Å². The molecule has 0 aliphatic heterocycles. The van der Waals surface area contributed by atoms with Crippen molar-refractivity contribution in [1.29, 1.82) is 0 Å². The molecule has 1 aromatic heterocycles. The first-order valence-corrected chi connectivity index (χ1v) is 8.73. The van der Waals surface area contributed by atoms with Gasteiger partial charge in [0, 0.05) is 12.8 Å². The third-order valence-corrected chi connectivity index (χ3v) is 4.25. The standard InChI is InChI=1S/C11H18N2O4S2/c1-4-17-11(14)9-8(2)13-18-10(9)12-6-5-7-19(3,15)16/h12H,4-7H2,1-3H3. The zero-order chi connectivity index (χ0) is 14.5. The Kier molecular flexibility index (Phi) is 5.74. The lowest BCUT2D eigenvalue weighted by molar-refractivity contribution is 0.0527. The molecule has 0 amide bonds. The molecule has 108 valence electrons. The molecule has 0 fully saturated rings. The second-order valence-electron chi connectivity index (χ2n) is 4.10. The molecule has 0 spiro atoms. The van der Waals surface area contributed by atoms with Crippen molar-refractivity contribution < 1.29 is 17.9 Å². The van der Waals surface area contributed by atoms with Gasteiger partial charge in [-0.05, 0) is 31.8 Å². The van der Waals surface area contributed by atoms with E-state index in [0.717, 1.165) is 0 Å². The number of carbonyl (C=O) groups is 1. The average Bonchev–Trinajstić information content (AvgIpc) is 2.65.